The van der Waals surface area contributed by atoms with Crippen LogP contribution in [0.25, 0.3) is 0 Å². The van der Waals surface area contributed by atoms with Crippen molar-refractivity contribution in [2.24, 2.45) is 5.92 Å². The number of nitrogens with one attached hydrogen (secondary N) is 1. The van der Waals surface area contributed by atoms with E-state index in [2.05, 4.69) is 11.4 Å². The summed E-state index contributed by atoms with van der Waals surface area (Å²) >= 11 is 0. The molecule has 0 radical (unpaired) electrons. The van der Waals surface area contributed by atoms with Crippen LogP contribution in [0.15, 0.2) is 24.3 Å². The first kappa shape index (κ1) is 13.9. The first-order valence-corrected chi connectivity index (χ1v) is 6.73. The highest BCUT2D eigenvalue weighted by Gasteiger charge is 2.21. The van der Waals surface area contributed by atoms with Crippen molar-refractivity contribution in [1.82, 2.24) is 0 Å². The van der Waals surface area contributed by atoms with Gasteiger partial charge in [0.15, 0.2) is 0 Å². The van der Waals surface area contributed by atoms with Crippen molar-refractivity contribution in [3.05, 3.63) is 29.8 Å². The van der Waals surface area contributed by atoms with Gasteiger partial charge in [0, 0.05) is 18.8 Å². The Morgan fingerprint density at radius 1 is 1.37 bits per heavy atom. The van der Waals surface area contributed by atoms with Crippen LogP contribution in [0.5, 0.6) is 0 Å². The Kier molecular flexibility index (Phi) is 5.20. The fraction of sp³-hybridized carbons (Fsp3) is 0.533. The molecule has 1 fully saturated rings. The molecule has 2 N–H and O–H groups in total. The maximum atomic E-state index is 9.75. The number of benzene rings is 1. The topological polar surface area (TPSA) is 65.3 Å². The fourth-order valence-electron chi connectivity index (χ4n) is 1.78. The van der Waals surface area contributed by atoms with Crippen LogP contribution in [-0.2, 0) is 11.2 Å². The number of rotatable bonds is 8. The van der Waals surface area contributed by atoms with Crippen LogP contribution in [0.1, 0.15) is 18.4 Å². The number of hydrogen-bond acceptors (Lipinski definition) is 4. The minimum atomic E-state index is -0.488. The predicted octanol–water partition coefficient (Wildman–Crippen LogP) is 1.95. The summed E-state index contributed by atoms with van der Waals surface area (Å²) in [7, 11) is 0. The molecule has 0 bridgehead atoms. The number of aliphatic hydroxyl groups excluding tert-OH is 1. The predicted molar refractivity (Wildman–Crippen MR) is 73.8 cm³/mol. The van der Waals surface area contributed by atoms with Crippen LogP contribution < -0.4 is 5.32 Å². The van der Waals surface area contributed by atoms with Gasteiger partial charge in [0.1, 0.15) is 0 Å². The molecule has 1 aliphatic carbocycles. The molecule has 102 valence electrons. The molecule has 1 aromatic carbocycles. The molecule has 0 heterocycles. The van der Waals surface area contributed by atoms with Crippen molar-refractivity contribution in [1.29, 1.82) is 5.26 Å². The van der Waals surface area contributed by atoms with Crippen molar-refractivity contribution >= 4 is 5.69 Å². The molecule has 0 spiro atoms. The molecule has 0 aliphatic heterocycles. The number of ether oxygens (including phenoxy) is 1. The molecule has 1 aliphatic rings. The summed E-state index contributed by atoms with van der Waals surface area (Å²) in [6, 6.07) is 9.79. The Labute approximate surface area is 114 Å². The summed E-state index contributed by atoms with van der Waals surface area (Å²) in [5, 5.41) is 21.5. The number of aliphatic hydroxyl groups is 1. The Morgan fingerprint density at radius 3 is 2.74 bits per heavy atom. The van der Waals surface area contributed by atoms with Crippen molar-refractivity contribution < 1.29 is 9.84 Å². The summed E-state index contributed by atoms with van der Waals surface area (Å²) in [4.78, 5) is 0. The Bertz CT molecular complexity index is 421. The second-order valence-electron chi connectivity index (χ2n) is 5.05. The monoisotopic (exact) mass is 260 g/mol. The van der Waals surface area contributed by atoms with Crippen LogP contribution in [0.3, 0.4) is 0 Å². The third kappa shape index (κ3) is 5.29. The third-order valence-corrected chi connectivity index (χ3v) is 3.14. The average molecular weight is 260 g/mol. The fourth-order valence-corrected chi connectivity index (χ4v) is 1.78. The zero-order chi connectivity index (χ0) is 13.5. The van der Waals surface area contributed by atoms with Gasteiger partial charge >= 0.3 is 0 Å². The van der Waals surface area contributed by atoms with E-state index in [-0.39, 0.29) is 0 Å². The lowest BCUT2D eigenvalue weighted by atomic mass is 10.1. The minimum Gasteiger partial charge on any atom is -0.389 e. The molecule has 19 heavy (non-hydrogen) atoms. The first-order chi connectivity index (χ1) is 9.28. The van der Waals surface area contributed by atoms with Gasteiger partial charge in [-0.1, -0.05) is 12.1 Å². The number of hydrogen-bond donors (Lipinski definition) is 2. The largest absolute Gasteiger partial charge is 0.389 e. The number of nitrogens with zero attached hydrogens (tertiary/aromatic N) is 1. The van der Waals surface area contributed by atoms with E-state index in [4.69, 9.17) is 10.00 Å². The van der Waals surface area contributed by atoms with E-state index in [1.54, 1.807) is 0 Å². The molecule has 0 aromatic heterocycles. The van der Waals surface area contributed by atoms with Gasteiger partial charge in [-0.05, 0) is 36.5 Å². The molecule has 1 aromatic rings. The van der Waals surface area contributed by atoms with Crippen LogP contribution in [0.2, 0.25) is 0 Å². The molecular formula is C15H20N2O2. The highest BCUT2D eigenvalue weighted by atomic mass is 16.5. The summed E-state index contributed by atoms with van der Waals surface area (Å²) < 4.78 is 5.43. The van der Waals surface area contributed by atoms with Gasteiger partial charge in [0.25, 0.3) is 0 Å². The van der Waals surface area contributed by atoms with E-state index < -0.39 is 6.10 Å². The lowest BCUT2D eigenvalue weighted by molar-refractivity contribution is 0.0386. The van der Waals surface area contributed by atoms with Crippen molar-refractivity contribution in [2.75, 3.05) is 25.1 Å². The van der Waals surface area contributed by atoms with E-state index in [1.165, 1.54) is 12.8 Å². The highest BCUT2D eigenvalue weighted by molar-refractivity contribution is 5.45. The van der Waals surface area contributed by atoms with Gasteiger partial charge in [0.2, 0.25) is 0 Å². The van der Waals surface area contributed by atoms with Crippen molar-refractivity contribution in [2.45, 2.75) is 25.4 Å². The molecule has 1 unspecified atom stereocenters. The number of nitriles is 1. The van der Waals surface area contributed by atoms with E-state index in [1.807, 2.05) is 24.3 Å². The SMILES string of the molecule is N#CCc1ccc(NCC(O)COCC2CC2)cc1. The highest BCUT2D eigenvalue weighted by Crippen LogP contribution is 2.28. The van der Waals surface area contributed by atoms with E-state index in [0.29, 0.717) is 19.6 Å². The second-order valence-corrected chi connectivity index (χ2v) is 5.05. The van der Waals surface area contributed by atoms with E-state index in [9.17, 15) is 5.11 Å². The Hall–Kier alpha value is -1.57. The maximum absolute atomic E-state index is 9.75. The molecular weight excluding hydrogens is 240 g/mol. The normalized spacial score (nSPS) is 15.8. The second kappa shape index (κ2) is 7.13. The summed E-state index contributed by atoms with van der Waals surface area (Å²) in [6.07, 6.45) is 2.47. The molecule has 4 nitrogen and oxygen atoms in total. The number of anilines is 1. The average Bonchev–Trinajstić information content (AvgIpc) is 3.22. The van der Waals surface area contributed by atoms with Crippen LogP contribution in [-0.4, -0.2) is 31.0 Å². The van der Waals surface area contributed by atoms with Gasteiger partial charge in [0.05, 0.1) is 25.2 Å². The Balaban J connectivity index is 1.64. The van der Waals surface area contributed by atoms with Gasteiger partial charge in [-0.3, -0.25) is 0 Å². The molecule has 4 heteroatoms. The summed E-state index contributed by atoms with van der Waals surface area (Å²) in [5.41, 5.74) is 1.95. The van der Waals surface area contributed by atoms with E-state index >= 15 is 0 Å². The zero-order valence-electron chi connectivity index (χ0n) is 11.0. The van der Waals surface area contributed by atoms with Crippen LogP contribution >= 0.6 is 0 Å². The lowest BCUT2D eigenvalue weighted by Gasteiger charge is -2.13. The van der Waals surface area contributed by atoms with Gasteiger partial charge in [-0.2, -0.15) is 5.26 Å². The Morgan fingerprint density at radius 2 is 2.11 bits per heavy atom. The summed E-state index contributed by atoms with van der Waals surface area (Å²) in [6.45, 7) is 1.64. The molecule has 0 amide bonds. The smallest absolute Gasteiger partial charge is 0.0945 e. The standard InChI is InChI=1S/C15H20N2O2/c16-8-7-12-3-5-14(6-4-12)17-9-15(18)11-19-10-13-1-2-13/h3-6,13,15,17-18H,1-2,7,9-11H2. The van der Waals surface area contributed by atoms with E-state index in [0.717, 1.165) is 23.8 Å². The van der Waals surface area contributed by atoms with Crippen LogP contribution in [0.4, 0.5) is 5.69 Å². The van der Waals surface area contributed by atoms with Gasteiger partial charge in [-0.25, -0.2) is 0 Å². The molecule has 0 saturated heterocycles. The maximum Gasteiger partial charge on any atom is 0.0945 e. The minimum absolute atomic E-state index is 0.385. The van der Waals surface area contributed by atoms with Crippen molar-refractivity contribution in [3.8, 4) is 6.07 Å². The zero-order valence-corrected chi connectivity index (χ0v) is 11.0. The third-order valence-electron chi connectivity index (χ3n) is 3.14. The van der Waals surface area contributed by atoms with Gasteiger partial charge < -0.3 is 15.2 Å². The van der Waals surface area contributed by atoms with Crippen molar-refractivity contribution in [3.63, 3.8) is 0 Å². The first-order valence-electron chi connectivity index (χ1n) is 6.73. The lowest BCUT2D eigenvalue weighted by Crippen LogP contribution is -2.25. The molecule has 1 saturated carbocycles. The quantitative estimate of drug-likeness (QED) is 0.750. The van der Waals surface area contributed by atoms with Crippen LogP contribution in [0, 0.1) is 17.2 Å². The molecule has 1 atom stereocenters. The molecule has 2 rings (SSSR count). The van der Waals surface area contributed by atoms with Gasteiger partial charge in [-0.15, -0.1) is 0 Å². The summed E-state index contributed by atoms with van der Waals surface area (Å²) in [5.74, 6) is 0.729.